The van der Waals surface area contributed by atoms with Crippen molar-refractivity contribution in [3.8, 4) is 5.88 Å². The number of methoxy groups -OCH3 is 1. The second-order valence-corrected chi connectivity index (χ2v) is 8.01. The number of hydrogen-bond donors (Lipinski definition) is 1. The van der Waals surface area contributed by atoms with Gasteiger partial charge in [-0.3, -0.25) is 9.59 Å². The minimum Gasteiger partial charge on any atom is -0.466 e. The molecule has 9 heteroatoms. The minimum atomic E-state index is -1.07. The normalized spacial score (nSPS) is 10.8. The maximum absolute atomic E-state index is 13.0. The fraction of sp³-hybridized carbons (Fsp3) is 0.304. The number of Topliss-reactive ketones (excluding diaryl/α,β-unsaturated/α-hetero) is 1. The zero-order valence-corrected chi connectivity index (χ0v) is 19.5. The van der Waals surface area contributed by atoms with Crippen LogP contribution in [0.2, 0.25) is 0 Å². The summed E-state index contributed by atoms with van der Waals surface area (Å²) in [6.07, 6.45) is 3.58. The molecule has 32 heavy (non-hydrogen) atoms. The van der Waals surface area contributed by atoms with Crippen LogP contribution in [0.15, 0.2) is 36.5 Å². The van der Waals surface area contributed by atoms with Gasteiger partial charge in [0.25, 0.3) is 11.7 Å². The van der Waals surface area contributed by atoms with Gasteiger partial charge in [-0.1, -0.05) is 46.3 Å². The molecule has 1 amide bonds. The highest BCUT2D eigenvalue weighted by Gasteiger charge is 2.29. The van der Waals surface area contributed by atoms with Gasteiger partial charge in [0.05, 0.1) is 18.4 Å². The first-order valence-electron chi connectivity index (χ1n) is 10.0. The molecular formula is C23H24BrN3O5. The Morgan fingerprint density at radius 2 is 1.91 bits per heavy atom. The maximum atomic E-state index is 13.0. The van der Waals surface area contributed by atoms with Crippen molar-refractivity contribution in [3.05, 3.63) is 64.6 Å². The van der Waals surface area contributed by atoms with E-state index in [1.54, 1.807) is 13.1 Å². The number of esters is 1. The molecule has 2 N–H and O–H groups in total. The molecule has 0 spiro atoms. The summed E-state index contributed by atoms with van der Waals surface area (Å²) in [5.74, 6) is -2.41. The Kier molecular flexibility index (Phi) is 7.63. The summed E-state index contributed by atoms with van der Waals surface area (Å²) in [6.45, 7) is 1.40. The molecule has 0 fully saturated rings. The summed E-state index contributed by atoms with van der Waals surface area (Å²) >= 11 is 3.44. The summed E-state index contributed by atoms with van der Waals surface area (Å²) < 4.78 is 12.1. The lowest BCUT2D eigenvalue weighted by molar-refractivity contribution is -0.143. The molecule has 0 radical (unpaired) electrons. The molecule has 0 atom stereocenters. The number of alkyl halides is 1. The molecule has 168 valence electrons. The van der Waals surface area contributed by atoms with E-state index < -0.39 is 17.7 Å². The van der Waals surface area contributed by atoms with Gasteiger partial charge >= 0.3 is 5.97 Å². The standard InChI is InChI=1S/C23H24BrN3O5/c1-14-12-27-17(11-15-7-4-3-5-8-15)16(9-6-10-24)19(21(29)22(25)30)20(27)23(26-14)32-13-18(28)31-2/h3-5,7-8,12H,6,9-11,13H2,1-2H3,(H2,25,30). The van der Waals surface area contributed by atoms with Crippen LogP contribution >= 0.6 is 15.9 Å². The van der Waals surface area contributed by atoms with E-state index in [0.29, 0.717) is 29.6 Å². The number of nitrogens with two attached hydrogens (primary N) is 1. The van der Waals surface area contributed by atoms with Gasteiger partial charge in [-0.15, -0.1) is 0 Å². The highest BCUT2D eigenvalue weighted by Crippen LogP contribution is 2.33. The van der Waals surface area contributed by atoms with Crippen molar-refractivity contribution in [2.45, 2.75) is 26.2 Å². The summed E-state index contributed by atoms with van der Waals surface area (Å²) in [4.78, 5) is 41.0. The predicted octanol–water partition coefficient (Wildman–Crippen LogP) is 2.78. The number of aromatic nitrogens is 2. The Balaban J connectivity index is 2.31. The zero-order chi connectivity index (χ0) is 23.3. The van der Waals surface area contributed by atoms with Crippen molar-refractivity contribution in [1.82, 2.24) is 9.38 Å². The Morgan fingerprint density at radius 1 is 1.19 bits per heavy atom. The molecule has 0 saturated heterocycles. The second-order valence-electron chi connectivity index (χ2n) is 7.22. The molecule has 0 aliphatic rings. The molecule has 8 nitrogen and oxygen atoms in total. The molecule has 0 bridgehead atoms. The highest BCUT2D eigenvalue weighted by atomic mass is 79.9. The summed E-state index contributed by atoms with van der Waals surface area (Å²) in [7, 11) is 1.25. The number of hydrogen-bond acceptors (Lipinski definition) is 6. The number of carbonyl (C=O) groups excluding carboxylic acids is 3. The lowest BCUT2D eigenvalue weighted by Crippen LogP contribution is -2.24. The minimum absolute atomic E-state index is 0.0689. The molecule has 3 rings (SSSR count). The van der Waals surface area contributed by atoms with Gasteiger partial charge < -0.3 is 19.6 Å². The number of nitrogens with zero attached hydrogens (tertiary/aromatic N) is 2. The van der Waals surface area contributed by atoms with Crippen LogP contribution in [0.5, 0.6) is 5.88 Å². The number of primary amides is 1. The summed E-state index contributed by atoms with van der Waals surface area (Å²) in [5.41, 5.74) is 9.09. The van der Waals surface area contributed by atoms with Gasteiger partial charge in [0.15, 0.2) is 6.61 Å². The van der Waals surface area contributed by atoms with Crippen LogP contribution in [0.3, 0.4) is 0 Å². The predicted molar refractivity (Wildman–Crippen MR) is 122 cm³/mol. The van der Waals surface area contributed by atoms with Gasteiger partial charge in [0, 0.05) is 23.6 Å². The molecular weight excluding hydrogens is 478 g/mol. The van der Waals surface area contributed by atoms with Crippen LogP contribution in [0.1, 0.15) is 39.3 Å². The van der Waals surface area contributed by atoms with Gasteiger partial charge in [0.2, 0.25) is 5.88 Å². The quantitative estimate of drug-likeness (QED) is 0.198. The third-order valence-corrected chi connectivity index (χ3v) is 5.56. The van der Waals surface area contributed by atoms with Gasteiger partial charge in [0.1, 0.15) is 5.52 Å². The zero-order valence-electron chi connectivity index (χ0n) is 17.9. The average molecular weight is 502 g/mol. The van der Waals surface area contributed by atoms with Gasteiger partial charge in [-0.2, -0.15) is 0 Å². The fourth-order valence-corrected chi connectivity index (χ4v) is 3.90. The third-order valence-electron chi connectivity index (χ3n) is 5.00. The van der Waals surface area contributed by atoms with Crippen LogP contribution in [0.4, 0.5) is 0 Å². The lowest BCUT2D eigenvalue weighted by Gasteiger charge is -2.10. The van der Waals surface area contributed by atoms with E-state index in [9.17, 15) is 14.4 Å². The molecule has 3 aromatic rings. The molecule has 1 aromatic carbocycles. The first-order chi connectivity index (χ1) is 15.4. The average Bonchev–Trinajstić information content (AvgIpc) is 3.08. The second kappa shape index (κ2) is 10.4. The number of benzene rings is 1. The number of amides is 1. The maximum Gasteiger partial charge on any atom is 0.343 e. The fourth-order valence-electron chi connectivity index (χ4n) is 3.62. The van der Waals surface area contributed by atoms with Crippen molar-refractivity contribution < 1.29 is 23.9 Å². The first kappa shape index (κ1) is 23.5. The largest absolute Gasteiger partial charge is 0.466 e. The van der Waals surface area contributed by atoms with E-state index in [1.165, 1.54) is 7.11 Å². The van der Waals surface area contributed by atoms with E-state index in [2.05, 4.69) is 25.7 Å². The Labute approximate surface area is 193 Å². The van der Waals surface area contributed by atoms with Gasteiger partial charge in [-0.05, 0) is 30.9 Å². The van der Waals surface area contributed by atoms with Crippen molar-refractivity contribution in [1.29, 1.82) is 0 Å². The van der Waals surface area contributed by atoms with E-state index in [1.807, 2.05) is 34.7 Å². The Bertz CT molecular complexity index is 1160. The Hall–Kier alpha value is -3.20. The molecule has 0 aliphatic heterocycles. The number of carbonyl (C=O) groups is 3. The SMILES string of the molecule is COC(=O)COc1nc(C)cn2c(Cc3ccccc3)c(CCCBr)c(C(=O)C(N)=O)c12. The van der Waals surface area contributed by atoms with E-state index in [-0.39, 0.29) is 18.1 Å². The molecule has 0 unspecified atom stereocenters. The van der Waals surface area contributed by atoms with Crippen LogP contribution in [-0.2, 0) is 27.2 Å². The van der Waals surface area contributed by atoms with E-state index in [0.717, 1.165) is 23.0 Å². The number of fused-ring (bicyclic) bond motifs is 1. The molecule has 2 aromatic heterocycles. The molecule has 2 heterocycles. The number of ether oxygens (including phenoxy) is 2. The number of rotatable bonds is 10. The van der Waals surface area contributed by atoms with Crippen LogP contribution in [-0.4, -0.2) is 46.1 Å². The smallest absolute Gasteiger partial charge is 0.343 e. The molecule has 0 saturated carbocycles. The summed E-state index contributed by atoms with van der Waals surface area (Å²) in [6, 6.07) is 9.80. The third kappa shape index (κ3) is 4.99. The van der Waals surface area contributed by atoms with Crippen molar-refractivity contribution >= 4 is 39.1 Å². The lowest BCUT2D eigenvalue weighted by atomic mass is 9.98. The topological polar surface area (TPSA) is 113 Å². The Morgan fingerprint density at radius 3 is 2.53 bits per heavy atom. The van der Waals surface area contributed by atoms with Crippen molar-refractivity contribution in [3.63, 3.8) is 0 Å². The van der Waals surface area contributed by atoms with Crippen LogP contribution in [0.25, 0.3) is 5.52 Å². The number of ketones is 1. The van der Waals surface area contributed by atoms with Crippen molar-refractivity contribution in [2.24, 2.45) is 5.73 Å². The van der Waals surface area contributed by atoms with Crippen molar-refractivity contribution in [2.75, 3.05) is 19.0 Å². The van der Waals surface area contributed by atoms with E-state index >= 15 is 0 Å². The number of halogens is 1. The first-order valence-corrected chi connectivity index (χ1v) is 11.2. The van der Waals surface area contributed by atoms with Gasteiger partial charge in [-0.25, -0.2) is 9.78 Å². The monoisotopic (exact) mass is 501 g/mol. The number of aryl methyl sites for hydroxylation is 1. The van der Waals surface area contributed by atoms with Crippen LogP contribution < -0.4 is 10.5 Å². The molecule has 0 aliphatic carbocycles. The van der Waals surface area contributed by atoms with E-state index in [4.69, 9.17) is 10.5 Å². The van der Waals surface area contributed by atoms with Crippen LogP contribution in [0, 0.1) is 6.92 Å². The highest BCUT2D eigenvalue weighted by molar-refractivity contribution is 9.09. The summed E-state index contributed by atoms with van der Waals surface area (Å²) in [5, 5.41) is 0.719.